The Bertz CT molecular complexity index is 772. The number of hydrogen-bond donors (Lipinski definition) is 1. The largest absolute Gasteiger partial charge is 0.493 e. The molecule has 3 rings (SSSR count). The van der Waals surface area contributed by atoms with Gasteiger partial charge in [-0.25, -0.2) is 0 Å². The lowest BCUT2D eigenvalue weighted by atomic mass is 10.1. The zero-order chi connectivity index (χ0) is 17.8. The minimum absolute atomic E-state index is 0.230. The summed E-state index contributed by atoms with van der Waals surface area (Å²) in [5.74, 6) is 1.13. The number of ether oxygens (including phenoxy) is 1. The molecule has 2 aromatic rings. The number of nitrogen functional groups attached to an aromatic ring is 1. The van der Waals surface area contributed by atoms with Crippen molar-refractivity contribution in [2.75, 3.05) is 25.1 Å². The fraction of sp³-hybridized carbons (Fsp3) is 0.263. The summed E-state index contributed by atoms with van der Waals surface area (Å²) in [4.78, 5) is 25.8. The summed E-state index contributed by atoms with van der Waals surface area (Å²) in [7, 11) is 0. The van der Waals surface area contributed by atoms with Crippen LogP contribution >= 0.6 is 11.8 Å². The van der Waals surface area contributed by atoms with E-state index in [1.165, 1.54) is 4.90 Å². The first kappa shape index (κ1) is 17.4. The molecular weight excluding hydrogens is 336 g/mol. The Hall–Kier alpha value is -2.47. The molecule has 5 nitrogen and oxygen atoms in total. The molecule has 130 valence electrons. The van der Waals surface area contributed by atoms with Gasteiger partial charge in [0, 0.05) is 24.1 Å². The summed E-state index contributed by atoms with van der Waals surface area (Å²) in [5, 5.41) is 0. The summed E-state index contributed by atoms with van der Waals surface area (Å²) >= 11 is 1.72. The first-order valence-electron chi connectivity index (χ1n) is 8.06. The third-order valence-corrected chi connectivity index (χ3v) is 4.59. The Morgan fingerprint density at radius 3 is 2.40 bits per heavy atom. The maximum atomic E-state index is 12.3. The lowest BCUT2D eigenvalue weighted by molar-refractivity contribution is 0.0647. The van der Waals surface area contributed by atoms with E-state index in [1.54, 1.807) is 42.1 Å². The van der Waals surface area contributed by atoms with Crippen molar-refractivity contribution < 1.29 is 14.3 Å². The van der Waals surface area contributed by atoms with Crippen molar-refractivity contribution in [1.82, 2.24) is 4.90 Å². The van der Waals surface area contributed by atoms with E-state index in [9.17, 15) is 9.59 Å². The van der Waals surface area contributed by atoms with E-state index in [1.807, 2.05) is 18.4 Å². The van der Waals surface area contributed by atoms with Crippen molar-refractivity contribution in [1.29, 1.82) is 0 Å². The second-order valence-corrected chi connectivity index (χ2v) is 6.72. The Balaban J connectivity index is 1.54. The lowest BCUT2D eigenvalue weighted by Crippen LogP contribution is -2.31. The van der Waals surface area contributed by atoms with Gasteiger partial charge in [0.2, 0.25) is 0 Å². The van der Waals surface area contributed by atoms with Crippen LogP contribution in [0.4, 0.5) is 5.69 Å². The van der Waals surface area contributed by atoms with Gasteiger partial charge in [-0.05, 0) is 42.5 Å². The molecule has 2 aromatic carbocycles. The highest BCUT2D eigenvalue weighted by Gasteiger charge is 2.34. The molecule has 2 amide bonds. The minimum Gasteiger partial charge on any atom is -0.493 e. The lowest BCUT2D eigenvalue weighted by Gasteiger charge is -2.14. The van der Waals surface area contributed by atoms with Gasteiger partial charge in [0.15, 0.2) is 0 Å². The average molecular weight is 356 g/mol. The van der Waals surface area contributed by atoms with Crippen LogP contribution in [-0.2, 0) is 5.75 Å². The molecule has 0 atom stereocenters. The standard InChI is InChI=1S/C19H20N2O3S/c1-25-12-13-9-14(20)11-15(10-13)24-8-4-7-21-18(22)16-5-2-3-6-17(16)19(21)23/h2-3,5-6,9-11H,4,7-8,12,20H2,1H3. The van der Waals surface area contributed by atoms with Crippen LogP contribution in [0.15, 0.2) is 42.5 Å². The van der Waals surface area contributed by atoms with E-state index < -0.39 is 0 Å². The molecule has 0 aromatic heterocycles. The highest BCUT2D eigenvalue weighted by Crippen LogP contribution is 2.24. The Kier molecular flexibility index (Phi) is 5.28. The van der Waals surface area contributed by atoms with Crippen LogP contribution < -0.4 is 10.5 Å². The molecular formula is C19H20N2O3S. The number of thioether (sulfide) groups is 1. The van der Waals surface area contributed by atoms with E-state index in [2.05, 4.69) is 0 Å². The third-order valence-electron chi connectivity index (χ3n) is 3.97. The second kappa shape index (κ2) is 7.61. The summed E-state index contributed by atoms with van der Waals surface area (Å²) in [6, 6.07) is 12.6. The number of nitrogens with two attached hydrogens (primary N) is 1. The molecule has 0 bridgehead atoms. The predicted octanol–water partition coefficient (Wildman–Crippen LogP) is 3.20. The number of imide groups is 1. The highest BCUT2D eigenvalue weighted by molar-refractivity contribution is 7.97. The van der Waals surface area contributed by atoms with Crippen LogP contribution in [0.5, 0.6) is 5.75 Å². The summed E-state index contributed by atoms with van der Waals surface area (Å²) in [6.45, 7) is 0.752. The van der Waals surface area contributed by atoms with E-state index in [-0.39, 0.29) is 11.8 Å². The highest BCUT2D eigenvalue weighted by atomic mass is 32.2. The third kappa shape index (κ3) is 3.79. The van der Waals surface area contributed by atoms with Gasteiger partial charge >= 0.3 is 0 Å². The van der Waals surface area contributed by atoms with Crippen LogP contribution in [0.1, 0.15) is 32.7 Å². The van der Waals surface area contributed by atoms with E-state index in [0.29, 0.717) is 42.1 Å². The van der Waals surface area contributed by atoms with Gasteiger partial charge in [-0.1, -0.05) is 12.1 Å². The van der Waals surface area contributed by atoms with E-state index in [0.717, 1.165) is 11.3 Å². The molecule has 1 heterocycles. The summed E-state index contributed by atoms with van der Waals surface area (Å²) in [6.07, 6.45) is 2.60. The number of anilines is 1. The molecule has 0 fully saturated rings. The average Bonchev–Trinajstić information content (AvgIpc) is 2.83. The van der Waals surface area contributed by atoms with Gasteiger partial charge in [-0.15, -0.1) is 0 Å². The normalized spacial score (nSPS) is 13.2. The Morgan fingerprint density at radius 2 is 1.76 bits per heavy atom. The zero-order valence-corrected chi connectivity index (χ0v) is 14.8. The maximum absolute atomic E-state index is 12.3. The number of carbonyl (C=O) groups excluding carboxylic acids is 2. The van der Waals surface area contributed by atoms with Crippen LogP contribution in [0.2, 0.25) is 0 Å². The number of fused-ring (bicyclic) bond motifs is 1. The van der Waals surface area contributed by atoms with Crippen LogP contribution in [-0.4, -0.2) is 36.1 Å². The molecule has 1 aliphatic heterocycles. The molecule has 25 heavy (non-hydrogen) atoms. The van der Waals surface area contributed by atoms with Crippen molar-refractivity contribution in [2.45, 2.75) is 12.2 Å². The van der Waals surface area contributed by atoms with E-state index >= 15 is 0 Å². The molecule has 6 heteroatoms. The van der Waals surface area contributed by atoms with Gasteiger partial charge < -0.3 is 10.5 Å². The van der Waals surface area contributed by atoms with Crippen LogP contribution in [0.25, 0.3) is 0 Å². The van der Waals surface area contributed by atoms with E-state index in [4.69, 9.17) is 10.5 Å². The molecule has 0 aliphatic carbocycles. The zero-order valence-electron chi connectivity index (χ0n) is 14.0. The van der Waals surface area contributed by atoms with Crippen molar-refractivity contribution in [3.8, 4) is 5.75 Å². The fourth-order valence-electron chi connectivity index (χ4n) is 2.87. The molecule has 0 radical (unpaired) electrons. The van der Waals surface area contributed by atoms with Crippen molar-refractivity contribution in [2.24, 2.45) is 0 Å². The number of amides is 2. The predicted molar refractivity (Wildman–Crippen MR) is 100.0 cm³/mol. The SMILES string of the molecule is CSCc1cc(N)cc(OCCCN2C(=O)c3ccccc3C2=O)c1. The fourth-order valence-corrected chi connectivity index (χ4v) is 3.37. The maximum Gasteiger partial charge on any atom is 0.261 e. The second-order valence-electron chi connectivity index (χ2n) is 5.85. The van der Waals surface area contributed by atoms with Gasteiger partial charge in [0.1, 0.15) is 5.75 Å². The first-order valence-corrected chi connectivity index (χ1v) is 9.46. The molecule has 0 saturated heterocycles. The Labute approximate surface area is 151 Å². The molecule has 0 saturated carbocycles. The first-order chi connectivity index (χ1) is 12.1. The minimum atomic E-state index is -0.230. The van der Waals surface area contributed by atoms with Crippen molar-refractivity contribution >= 4 is 29.3 Å². The van der Waals surface area contributed by atoms with Crippen molar-refractivity contribution in [3.05, 3.63) is 59.2 Å². The smallest absolute Gasteiger partial charge is 0.261 e. The number of benzene rings is 2. The van der Waals surface area contributed by atoms with Gasteiger partial charge in [-0.2, -0.15) is 11.8 Å². The topological polar surface area (TPSA) is 72.6 Å². The number of carbonyl (C=O) groups is 2. The van der Waals surface area contributed by atoms with Gasteiger partial charge in [0.25, 0.3) is 11.8 Å². The van der Waals surface area contributed by atoms with Crippen LogP contribution in [0.3, 0.4) is 0 Å². The quantitative estimate of drug-likeness (QED) is 0.468. The van der Waals surface area contributed by atoms with Gasteiger partial charge in [0.05, 0.1) is 17.7 Å². The Morgan fingerprint density at radius 1 is 1.08 bits per heavy atom. The van der Waals surface area contributed by atoms with Crippen LogP contribution in [0, 0.1) is 0 Å². The molecule has 1 aliphatic rings. The molecule has 2 N–H and O–H groups in total. The summed E-state index contributed by atoms with van der Waals surface area (Å²) in [5.41, 5.74) is 8.63. The van der Waals surface area contributed by atoms with Crippen molar-refractivity contribution in [3.63, 3.8) is 0 Å². The monoisotopic (exact) mass is 356 g/mol. The number of nitrogens with zero attached hydrogens (tertiary/aromatic N) is 1. The summed E-state index contributed by atoms with van der Waals surface area (Å²) < 4.78 is 5.74. The number of hydrogen-bond acceptors (Lipinski definition) is 5. The molecule has 0 spiro atoms. The molecule has 0 unspecified atom stereocenters. The van der Waals surface area contributed by atoms with Gasteiger partial charge in [-0.3, -0.25) is 14.5 Å². The number of rotatable bonds is 7.